The fourth-order valence-electron chi connectivity index (χ4n) is 1.28. The second-order valence-corrected chi connectivity index (χ2v) is 4.01. The lowest BCUT2D eigenvalue weighted by Crippen LogP contribution is -1.73. The number of pyridine rings is 1. The number of hydrogen-bond donors (Lipinski definition) is 0. The minimum Gasteiger partial charge on any atom is -0.265 e. The number of thiophene rings is 1. The molecule has 0 aliphatic heterocycles. The molecule has 1 radical (unpaired) electrons. The topological polar surface area (TPSA) is 12.9 Å². The molecule has 0 saturated heterocycles. The van der Waals surface area contributed by atoms with E-state index in [1.807, 2.05) is 23.6 Å². The van der Waals surface area contributed by atoms with E-state index in [2.05, 4.69) is 11.9 Å². The van der Waals surface area contributed by atoms with Crippen LogP contribution in [0.2, 0.25) is 0 Å². The molecule has 15 heavy (non-hydrogen) atoms. The van der Waals surface area contributed by atoms with Gasteiger partial charge in [-0.1, -0.05) is 0 Å². The standard InChI is InChI=1S/C12H9FNS/c1-9(13)6-12-7-11(8-15-12)10-2-4-14-5-3-10/h2-8H,1H2/b9-6-. The third-order valence-corrected chi connectivity index (χ3v) is 2.81. The molecule has 2 aromatic rings. The Kier molecular flexibility index (Phi) is 2.92. The summed E-state index contributed by atoms with van der Waals surface area (Å²) in [5.74, 6) is -0.418. The molecule has 1 nitrogen and oxygen atoms in total. The summed E-state index contributed by atoms with van der Waals surface area (Å²) >= 11 is 1.50. The Hall–Kier alpha value is -1.48. The van der Waals surface area contributed by atoms with Gasteiger partial charge in [-0.15, -0.1) is 11.3 Å². The Bertz CT molecular complexity index is 469. The summed E-state index contributed by atoms with van der Waals surface area (Å²) in [7, 11) is 0. The smallest absolute Gasteiger partial charge is 0.102 e. The van der Waals surface area contributed by atoms with Gasteiger partial charge in [-0.25, -0.2) is 4.39 Å². The van der Waals surface area contributed by atoms with E-state index in [9.17, 15) is 4.39 Å². The molecule has 0 amide bonds. The highest BCUT2D eigenvalue weighted by Crippen LogP contribution is 2.26. The average Bonchev–Trinajstić information content (AvgIpc) is 2.67. The van der Waals surface area contributed by atoms with Crippen molar-refractivity contribution in [3.8, 4) is 11.1 Å². The van der Waals surface area contributed by atoms with Gasteiger partial charge in [0, 0.05) is 24.2 Å². The minimum atomic E-state index is -0.418. The summed E-state index contributed by atoms with van der Waals surface area (Å²) in [6, 6.07) is 5.79. The summed E-state index contributed by atoms with van der Waals surface area (Å²) < 4.78 is 12.5. The maximum absolute atomic E-state index is 12.5. The predicted molar refractivity (Wildman–Crippen MR) is 62.0 cm³/mol. The zero-order chi connectivity index (χ0) is 10.7. The van der Waals surface area contributed by atoms with Gasteiger partial charge in [0.1, 0.15) is 5.83 Å². The average molecular weight is 218 g/mol. The van der Waals surface area contributed by atoms with E-state index >= 15 is 0 Å². The molecule has 0 fully saturated rings. The molecule has 0 aliphatic carbocycles. The van der Waals surface area contributed by atoms with Crippen LogP contribution < -0.4 is 0 Å². The summed E-state index contributed by atoms with van der Waals surface area (Å²) in [5, 5.41) is 1.99. The number of halogens is 1. The first-order valence-corrected chi connectivity index (χ1v) is 5.32. The van der Waals surface area contributed by atoms with Gasteiger partial charge in [-0.3, -0.25) is 4.98 Å². The molecular weight excluding hydrogens is 209 g/mol. The predicted octanol–water partition coefficient (Wildman–Crippen LogP) is 3.95. The Morgan fingerprint density at radius 2 is 2.07 bits per heavy atom. The van der Waals surface area contributed by atoms with Crippen LogP contribution in [0.5, 0.6) is 0 Å². The Morgan fingerprint density at radius 3 is 2.73 bits per heavy atom. The molecule has 3 heteroatoms. The number of rotatable bonds is 2. The highest BCUT2D eigenvalue weighted by Gasteiger charge is 2.00. The lowest BCUT2D eigenvalue weighted by Gasteiger charge is -1.93. The number of nitrogens with zero attached hydrogens (tertiary/aromatic N) is 1. The molecule has 0 N–H and O–H groups in total. The van der Waals surface area contributed by atoms with Crippen LogP contribution in [0.1, 0.15) is 4.88 Å². The van der Waals surface area contributed by atoms with E-state index in [-0.39, 0.29) is 0 Å². The summed E-state index contributed by atoms with van der Waals surface area (Å²) in [5.41, 5.74) is 2.17. The van der Waals surface area contributed by atoms with Crippen LogP contribution in [-0.2, 0) is 0 Å². The van der Waals surface area contributed by atoms with Crippen molar-refractivity contribution in [2.75, 3.05) is 0 Å². The maximum atomic E-state index is 12.5. The van der Waals surface area contributed by atoms with Crippen molar-refractivity contribution >= 4 is 17.4 Å². The summed E-state index contributed by atoms with van der Waals surface area (Å²) in [6.45, 7) is 3.21. The van der Waals surface area contributed by atoms with Gasteiger partial charge >= 0.3 is 0 Å². The fourth-order valence-corrected chi connectivity index (χ4v) is 2.14. The zero-order valence-electron chi connectivity index (χ0n) is 7.98. The summed E-state index contributed by atoms with van der Waals surface area (Å²) in [6.07, 6.45) is 4.91. The maximum Gasteiger partial charge on any atom is 0.102 e. The quantitative estimate of drug-likeness (QED) is 0.743. The van der Waals surface area contributed by atoms with Crippen molar-refractivity contribution in [3.63, 3.8) is 0 Å². The van der Waals surface area contributed by atoms with Crippen LogP contribution in [0.15, 0.2) is 41.8 Å². The van der Waals surface area contributed by atoms with Crippen molar-refractivity contribution < 1.29 is 4.39 Å². The van der Waals surface area contributed by atoms with Crippen molar-refractivity contribution in [2.24, 2.45) is 0 Å². The first kappa shape index (κ1) is 10.1. The van der Waals surface area contributed by atoms with E-state index in [4.69, 9.17) is 0 Å². The van der Waals surface area contributed by atoms with Gasteiger partial charge in [0.05, 0.1) is 0 Å². The molecule has 0 aliphatic rings. The monoisotopic (exact) mass is 218 g/mol. The van der Waals surface area contributed by atoms with E-state index in [1.54, 1.807) is 12.4 Å². The van der Waals surface area contributed by atoms with Gasteiger partial charge < -0.3 is 0 Å². The van der Waals surface area contributed by atoms with Gasteiger partial charge in [0.15, 0.2) is 0 Å². The highest BCUT2D eigenvalue weighted by atomic mass is 32.1. The van der Waals surface area contributed by atoms with Crippen molar-refractivity contribution in [2.45, 2.75) is 0 Å². The van der Waals surface area contributed by atoms with Crippen LogP contribution >= 0.6 is 11.3 Å². The molecule has 0 spiro atoms. The molecule has 0 unspecified atom stereocenters. The Balaban J connectivity index is 2.32. The second-order valence-electron chi connectivity index (χ2n) is 3.06. The van der Waals surface area contributed by atoms with E-state index in [0.717, 1.165) is 16.0 Å². The van der Waals surface area contributed by atoms with Gasteiger partial charge in [-0.2, -0.15) is 0 Å². The third kappa shape index (κ3) is 2.50. The first-order chi connectivity index (χ1) is 7.25. The number of hydrogen-bond acceptors (Lipinski definition) is 2. The van der Waals surface area contributed by atoms with Crippen LogP contribution in [0.25, 0.3) is 17.2 Å². The fraction of sp³-hybridized carbons (Fsp3) is 0. The van der Waals surface area contributed by atoms with Crippen molar-refractivity contribution in [1.29, 1.82) is 0 Å². The Labute approximate surface area is 91.9 Å². The Morgan fingerprint density at radius 1 is 1.33 bits per heavy atom. The second kappa shape index (κ2) is 4.36. The van der Waals surface area contributed by atoms with Gasteiger partial charge in [-0.05, 0) is 40.8 Å². The molecule has 2 rings (SSSR count). The van der Waals surface area contributed by atoms with E-state index in [1.165, 1.54) is 17.4 Å². The lowest BCUT2D eigenvalue weighted by molar-refractivity contribution is 0.673. The van der Waals surface area contributed by atoms with Crippen LogP contribution in [0.4, 0.5) is 4.39 Å². The van der Waals surface area contributed by atoms with E-state index < -0.39 is 5.83 Å². The molecule has 2 heterocycles. The molecule has 75 valence electrons. The van der Waals surface area contributed by atoms with Crippen LogP contribution in [0.3, 0.4) is 0 Å². The molecule has 0 aromatic carbocycles. The van der Waals surface area contributed by atoms with Crippen LogP contribution in [0, 0.1) is 6.92 Å². The number of allylic oxidation sites excluding steroid dienone is 1. The normalized spacial score (nSPS) is 11.7. The molecule has 0 atom stereocenters. The van der Waals surface area contributed by atoms with E-state index in [0.29, 0.717) is 0 Å². The minimum absolute atomic E-state index is 0.418. The third-order valence-electron chi connectivity index (χ3n) is 1.93. The molecule has 2 aromatic heterocycles. The van der Waals surface area contributed by atoms with Gasteiger partial charge in [0.25, 0.3) is 0 Å². The summed E-state index contributed by atoms with van der Waals surface area (Å²) in [4.78, 5) is 4.82. The zero-order valence-corrected chi connectivity index (χ0v) is 8.80. The highest BCUT2D eigenvalue weighted by molar-refractivity contribution is 7.11. The van der Waals surface area contributed by atoms with Gasteiger partial charge in [0.2, 0.25) is 0 Å². The van der Waals surface area contributed by atoms with Crippen molar-refractivity contribution in [3.05, 3.63) is 53.6 Å². The largest absolute Gasteiger partial charge is 0.265 e. The van der Waals surface area contributed by atoms with Crippen molar-refractivity contribution in [1.82, 2.24) is 4.98 Å². The first-order valence-electron chi connectivity index (χ1n) is 4.44. The molecule has 0 bridgehead atoms. The molecule has 0 saturated carbocycles. The number of aromatic nitrogens is 1. The van der Waals surface area contributed by atoms with Crippen LogP contribution in [-0.4, -0.2) is 4.98 Å². The lowest BCUT2D eigenvalue weighted by atomic mass is 10.1. The SMILES string of the molecule is [CH2]/C(F)=C/c1cc(-c2ccncc2)cs1. The molecular formula is C12H9FNS.